The van der Waals surface area contributed by atoms with Crippen LogP contribution in [0.25, 0.3) is 0 Å². The Morgan fingerprint density at radius 1 is 1.12 bits per heavy atom. The summed E-state index contributed by atoms with van der Waals surface area (Å²) < 4.78 is 22.3. The number of halogens is 1. The first-order valence-corrected chi connectivity index (χ1v) is 12.9. The first kappa shape index (κ1) is 30.6. The molecule has 0 amide bonds. The average molecular weight is 575 g/mol. The molecule has 216 valence electrons. The maximum Gasteiger partial charge on any atom is 0.528 e. The molecule has 11 nitrogen and oxygen atoms in total. The van der Waals surface area contributed by atoms with Gasteiger partial charge in [0.25, 0.3) is 0 Å². The number of hydrogen-bond acceptors (Lipinski definition) is 9. The number of rotatable bonds is 10. The molecule has 40 heavy (non-hydrogen) atoms. The largest absolute Gasteiger partial charge is 0.528 e. The highest BCUT2D eigenvalue weighted by atomic mass is 35.5. The predicted molar refractivity (Wildman–Crippen MR) is 149 cm³/mol. The Kier molecular flexibility index (Phi) is 11.0. The molecule has 2 atom stereocenters. The van der Waals surface area contributed by atoms with Crippen LogP contribution in [0.5, 0.6) is 11.5 Å². The number of nitrogens with two attached hydrogens (primary N) is 1. The molecule has 1 saturated heterocycles. The fourth-order valence-corrected chi connectivity index (χ4v) is 4.47. The van der Waals surface area contributed by atoms with Crippen molar-refractivity contribution in [1.29, 1.82) is 5.41 Å². The summed E-state index contributed by atoms with van der Waals surface area (Å²) in [6.45, 7) is 7.67. The Hall–Kier alpha value is -3.96. The van der Waals surface area contributed by atoms with Gasteiger partial charge in [-0.3, -0.25) is 5.41 Å². The van der Waals surface area contributed by atoms with Crippen molar-refractivity contribution in [1.82, 2.24) is 9.96 Å². The van der Waals surface area contributed by atoms with Gasteiger partial charge in [-0.15, -0.1) is 17.5 Å². The monoisotopic (exact) mass is 574 g/mol. The highest BCUT2D eigenvalue weighted by Gasteiger charge is 2.29. The number of hydrogen-bond donors (Lipinski definition) is 2. The molecule has 12 heteroatoms. The molecule has 2 heterocycles. The molecule has 0 aromatic heterocycles. The summed E-state index contributed by atoms with van der Waals surface area (Å²) in [4.78, 5) is 31.4. The fourth-order valence-electron chi connectivity index (χ4n) is 4.47. The number of nitrogens with zero attached hydrogens (tertiary/aromatic N) is 2. The van der Waals surface area contributed by atoms with E-state index in [0.717, 1.165) is 12.0 Å². The summed E-state index contributed by atoms with van der Waals surface area (Å²) in [5, 5.41) is 9.23. The highest BCUT2D eigenvalue weighted by molar-refractivity contribution is 5.85. The Labute approximate surface area is 239 Å². The number of nitrogens with one attached hydrogen (secondary N) is 1. The smallest absolute Gasteiger partial charge is 0.489 e. The summed E-state index contributed by atoms with van der Waals surface area (Å²) in [7, 11) is 0. The molecule has 1 fully saturated rings. The van der Waals surface area contributed by atoms with E-state index >= 15 is 0 Å². The summed E-state index contributed by atoms with van der Waals surface area (Å²) in [6.07, 6.45) is 0.993. The van der Waals surface area contributed by atoms with Crippen molar-refractivity contribution in [3.05, 3.63) is 71.8 Å². The van der Waals surface area contributed by atoms with Crippen LogP contribution in [-0.2, 0) is 32.1 Å². The lowest BCUT2D eigenvalue weighted by atomic mass is 9.99. The van der Waals surface area contributed by atoms with Crippen molar-refractivity contribution in [2.75, 3.05) is 32.8 Å². The number of esters is 1. The zero-order chi connectivity index (χ0) is 27.8. The normalized spacial score (nSPS) is 17.0. The fraction of sp³-hybridized carbons (Fsp3) is 0.393. The van der Waals surface area contributed by atoms with Crippen LogP contribution in [0.4, 0.5) is 4.79 Å². The number of fused-ring (bicyclic) bond motifs is 1. The van der Waals surface area contributed by atoms with Crippen LogP contribution in [0.15, 0.2) is 55.1 Å². The summed E-state index contributed by atoms with van der Waals surface area (Å²) in [5.74, 6) is 0.666. The SMILES string of the molecule is C=CCOC(=O)ON1CC[C@H](Oc2ccc(C(Oc3ccc4c(c3)CN(C(=N)N)CC4)C(=O)OCC)cc2)C1.Cl. The van der Waals surface area contributed by atoms with Crippen LogP contribution in [0.3, 0.4) is 0 Å². The van der Waals surface area contributed by atoms with Crippen molar-refractivity contribution in [3.8, 4) is 11.5 Å². The first-order chi connectivity index (χ1) is 18.9. The van der Waals surface area contributed by atoms with Crippen molar-refractivity contribution in [3.63, 3.8) is 0 Å². The van der Waals surface area contributed by atoms with E-state index in [-0.39, 0.29) is 37.7 Å². The minimum Gasteiger partial charge on any atom is -0.489 e. The second-order valence-electron chi connectivity index (χ2n) is 9.16. The first-order valence-electron chi connectivity index (χ1n) is 12.9. The lowest BCUT2D eigenvalue weighted by Crippen LogP contribution is -2.40. The molecule has 2 aromatic carbocycles. The maximum atomic E-state index is 12.8. The van der Waals surface area contributed by atoms with Crippen LogP contribution < -0.4 is 15.2 Å². The van der Waals surface area contributed by atoms with E-state index in [1.807, 2.05) is 18.2 Å². The Bertz CT molecular complexity index is 1190. The molecule has 2 aliphatic rings. The molecule has 4 rings (SSSR count). The standard InChI is InChI=1S/C28H34N4O7.ClH/c1-3-15-36-28(34)39-32-14-12-24(18-32)37-22-8-6-20(7-9-22)25(26(33)35-4-2)38-23-10-5-19-11-13-31(27(29)30)17-21(19)16-23;/h3,5-10,16,24-25H,1,4,11-15,17-18H2,2H3,(H3,29,30);1H/t24-,25?;/m0./s1. The average Bonchev–Trinajstić information content (AvgIpc) is 3.37. The lowest BCUT2D eigenvalue weighted by molar-refractivity contribution is -0.151. The van der Waals surface area contributed by atoms with E-state index < -0.39 is 18.2 Å². The number of carbonyl (C=O) groups is 2. The van der Waals surface area contributed by atoms with Gasteiger partial charge in [0, 0.05) is 31.6 Å². The molecule has 0 radical (unpaired) electrons. The summed E-state index contributed by atoms with van der Waals surface area (Å²) in [6, 6.07) is 12.8. The van der Waals surface area contributed by atoms with Crippen LogP contribution in [0.2, 0.25) is 0 Å². The van der Waals surface area contributed by atoms with Crippen LogP contribution >= 0.6 is 12.4 Å². The van der Waals surface area contributed by atoms with Crippen LogP contribution in [0, 0.1) is 5.41 Å². The van der Waals surface area contributed by atoms with E-state index in [1.54, 1.807) is 36.1 Å². The van der Waals surface area contributed by atoms with Gasteiger partial charge >= 0.3 is 12.1 Å². The van der Waals surface area contributed by atoms with Gasteiger partial charge in [-0.05, 0) is 48.7 Å². The lowest BCUT2D eigenvalue weighted by Gasteiger charge is -2.29. The van der Waals surface area contributed by atoms with Crippen molar-refractivity contribution in [2.45, 2.75) is 38.5 Å². The molecular weight excluding hydrogens is 540 g/mol. The second-order valence-corrected chi connectivity index (χ2v) is 9.16. The minimum atomic E-state index is -0.971. The van der Waals surface area contributed by atoms with Gasteiger partial charge in [-0.2, -0.15) is 0 Å². The number of guanidine groups is 1. The Balaban J connectivity index is 0.00000441. The molecule has 0 saturated carbocycles. The number of hydroxylamine groups is 2. The maximum absolute atomic E-state index is 12.8. The molecule has 2 aliphatic heterocycles. The molecule has 0 aliphatic carbocycles. The molecule has 3 N–H and O–H groups in total. The minimum absolute atomic E-state index is 0. The third-order valence-corrected chi connectivity index (χ3v) is 6.40. The van der Waals surface area contributed by atoms with Gasteiger partial charge in [0.15, 0.2) is 5.96 Å². The van der Waals surface area contributed by atoms with E-state index in [1.165, 1.54) is 16.7 Å². The summed E-state index contributed by atoms with van der Waals surface area (Å²) in [5.41, 5.74) is 8.46. The molecule has 0 spiro atoms. The summed E-state index contributed by atoms with van der Waals surface area (Å²) >= 11 is 0. The zero-order valence-electron chi connectivity index (χ0n) is 22.4. The van der Waals surface area contributed by atoms with Crippen molar-refractivity contribution >= 4 is 30.5 Å². The van der Waals surface area contributed by atoms with Gasteiger partial charge in [0.05, 0.1) is 13.2 Å². The molecule has 0 bridgehead atoms. The van der Waals surface area contributed by atoms with Gasteiger partial charge in [-0.25, -0.2) is 9.59 Å². The van der Waals surface area contributed by atoms with Crippen molar-refractivity contribution in [2.24, 2.45) is 5.73 Å². The van der Waals surface area contributed by atoms with E-state index in [9.17, 15) is 9.59 Å². The highest BCUT2D eigenvalue weighted by Crippen LogP contribution is 2.29. The number of benzene rings is 2. The Morgan fingerprint density at radius 2 is 1.88 bits per heavy atom. The third kappa shape index (κ3) is 8.03. The van der Waals surface area contributed by atoms with Crippen molar-refractivity contribution < 1.29 is 33.4 Å². The van der Waals surface area contributed by atoms with Gasteiger partial charge in [0.1, 0.15) is 24.2 Å². The van der Waals surface area contributed by atoms with Gasteiger partial charge in [0.2, 0.25) is 6.10 Å². The molecule has 2 aromatic rings. The number of ether oxygens (including phenoxy) is 4. The zero-order valence-corrected chi connectivity index (χ0v) is 23.2. The van der Waals surface area contributed by atoms with Gasteiger partial charge < -0.3 is 34.4 Å². The Morgan fingerprint density at radius 3 is 2.58 bits per heavy atom. The van der Waals surface area contributed by atoms with E-state index in [4.69, 9.17) is 34.9 Å². The van der Waals surface area contributed by atoms with Crippen LogP contribution in [0.1, 0.15) is 36.1 Å². The van der Waals surface area contributed by atoms with Gasteiger partial charge in [-0.1, -0.05) is 30.9 Å². The second kappa shape index (κ2) is 14.4. The van der Waals surface area contributed by atoms with Crippen LogP contribution in [-0.4, -0.2) is 67.0 Å². The molecular formula is C28H35ClN4O7. The topological polar surface area (TPSA) is 137 Å². The third-order valence-electron chi connectivity index (χ3n) is 6.40. The quantitative estimate of drug-likeness (QED) is 0.187. The molecule has 1 unspecified atom stereocenters. The number of carbonyl (C=O) groups excluding carboxylic acids is 2. The predicted octanol–water partition coefficient (Wildman–Crippen LogP) is 3.75. The van der Waals surface area contributed by atoms with E-state index in [2.05, 4.69) is 6.58 Å². The van der Waals surface area contributed by atoms with E-state index in [0.29, 0.717) is 49.7 Å².